The van der Waals surface area contributed by atoms with Gasteiger partial charge in [0.2, 0.25) is 11.2 Å². The van der Waals surface area contributed by atoms with E-state index in [1.54, 1.807) is 24.3 Å². The van der Waals surface area contributed by atoms with Crippen molar-refractivity contribution in [2.24, 2.45) is 0 Å². The lowest BCUT2D eigenvalue weighted by Crippen LogP contribution is -2.32. The molecule has 0 saturated carbocycles. The van der Waals surface area contributed by atoms with Gasteiger partial charge in [-0.3, -0.25) is 9.69 Å². The van der Waals surface area contributed by atoms with Crippen molar-refractivity contribution in [2.75, 3.05) is 6.73 Å². The highest BCUT2D eigenvalue weighted by Gasteiger charge is 2.40. The number of hydrogen-bond donors (Lipinski definition) is 0. The summed E-state index contributed by atoms with van der Waals surface area (Å²) >= 11 is 0. The third kappa shape index (κ3) is 4.00. The highest BCUT2D eigenvalue weighted by atomic mass is 19.4. The molecule has 33 heavy (non-hydrogen) atoms. The average Bonchev–Trinajstić information content (AvgIpc) is 2.80. The molecular weight excluding hydrogens is 431 g/mol. The van der Waals surface area contributed by atoms with Gasteiger partial charge in [-0.25, -0.2) is 0 Å². The minimum Gasteiger partial charge on any atom is -0.478 e. The van der Waals surface area contributed by atoms with Crippen molar-refractivity contribution in [1.29, 1.82) is 0 Å². The number of nitrogens with zero attached hydrogens (tertiary/aromatic N) is 1. The van der Waals surface area contributed by atoms with E-state index in [0.29, 0.717) is 24.4 Å². The molecule has 4 nitrogen and oxygen atoms in total. The molecule has 3 aromatic carbocycles. The molecule has 168 valence electrons. The molecule has 7 heteroatoms. The molecule has 0 fully saturated rings. The Morgan fingerprint density at radius 2 is 1.70 bits per heavy atom. The number of hydrogen-bond acceptors (Lipinski definition) is 4. The van der Waals surface area contributed by atoms with Crippen LogP contribution in [0.2, 0.25) is 0 Å². The van der Waals surface area contributed by atoms with E-state index in [1.807, 2.05) is 36.1 Å². The molecule has 2 heterocycles. The largest absolute Gasteiger partial charge is 0.478 e. The summed E-state index contributed by atoms with van der Waals surface area (Å²) in [5, 5.41) is 0.0985. The summed E-state index contributed by atoms with van der Waals surface area (Å²) in [5.74, 6) is -0.873. The second-order valence-corrected chi connectivity index (χ2v) is 8.16. The summed E-state index contributed by atoms with van der Waals surface area (Å²) < 4.78 is 53.3. The fraction of sp³-hybridized carbons (Fsp3) is 0.192. The molecule has 1 aliphatic heterocycles. The van der Waals surface area contributed by atoms with Crippen LogP contribution in [0.4, 0.5) is 13.2 Å². The summed E-state index contributed by atoms with van der Waals surface area (Å²) in [5.41, 5.74) is 1.51. The van der Waals surface area contributed by atoms with Crippen LogP contribution in [0.15, 0.2) is 75.9 Å². The van der Waals surface area contributed by atoms with Crippen molar-refractivity contribution in [2.45, 2.75) is 26.2 Å². The first-order chi connectivity index (χ1) is 15.8. The Balaban J connectivity index is 1.63. The molecule has 0 saturated heterocycles. The van der Waals surface area contributed by atoms with Crippen LogP contribution in [-0.4, -0.2) is 11.6 Å². The van der Waals surface area contributed by atoms with Crippen LogP contribution in [0.1, 0.15) is 22.5 Å². The van der Waals surface area contributed by atoms with Crippen LogP contribution < -0.4 is 10.2 Å². The summed E-state index contributed by atoms with van der Waals surface area (Å²) in [4.78, 5) is 15.2. The van der Waals surface area contributed by atoms with Crippen molar-refractivity contribution >= 4 is 11.0 Å². The van der Waals surface area contributed by atoms with Gasteiger partial charge in [0.25, 0.3) is 0 Å². The van der Waals surface area contributed by atoms with E-state index in [4.69, 9.17) is 9.15 Å². The smallest absolute Gasteiger partial charge is 0.450 e. The predicted molar refractivity (Wildman–Crippen MR) is 119 cm³/mol. The Kier molecular flexibility index (Phi) is 5.21. The number of rotatable bonds is 3. The standard InChI is InChI=1S/C26H20F3NO3/c1-16-7-9-17(10-8-16)13-30-14-20-21(32-15-30)12-11-19-23(31)22(18-5-3-2-4-6-18)25(26(27,28)29)33-24(19)20/h2-12H,13-15H2,1H3. The topological polar surface area (TPSA) is 42.7 Å². The number of benzene rings is 3. The van der Waals surface area contributed by atoms with Gasteiger partial charge in [-0.15, -0.1) is 0 Å². The quantitative estimate of drug-likeness (QED) is 0.375. The first-order valence-corrected chi connectivity index (χ1v) is 10.5. The van der Waals surface area contributed by atoms with Gasteiger partial charge in [0.15, 0.2) is 0 Å². The van der Waals surface area contributed by atoms with Gasteiger partial charge in [-0.05, 0) is 30.2 Å². The van der Waals surface area contributed by atoms with Crippen LogP contribution in [0.5, 0.6) is 5.75 Å². The van der Waals surface area contributed by atoms with Crippen molar-refractivity contribution in [3.05, 3.63) is 99.4 Å². The number of alkyl halides is 3. The SMILES string of the molecule is Cc1ccc(CN2COc3ccc4c(=O)c(-c5ccccc5)c(C(F)(F)F)oc4c3C2)cc1. The van der Waals surface area contributed by atoms with Crippen LogP contribution in [0.3, 0.4) is 0 Å². The molecule has 0 amide bonds. The van der Waals surface area contributed by atoms with Gasteiger partial charge in [0, 0.05) is 13.1 Å². The first kappa shape index (κ1) is 21.3. The lowest BCUT2D eigenvalue weighted by molar-refractivity contribution is -0.152. The molecule has 0 unspecified atom stereocenters. The maximum Gasteiger partial charge on any atom is 0.450 e. The molecule has 1 aromatic heterocycles. The Labute approximate surface area is 187 Å². The molecule has 1 aliphatic rings. The van der Waals surface area contributed by atoms with Gasteiger partial charge >= 0.3 is 6.18 Å². The summed E-state index contributed by atoms with van der Waals surface area (Å²) in [6, 6.07) is 18.9. The maximum absolute atomic E-state index is 14.0. The normalized spacial score (nSPS) is 14.2. The lowest BCUT2D eigenvalue weighted by atomic mass is 10.00. The predicted octanol–water partition coefficient (Wildman–Crippen LogP) is 6.14. The van der Waals surface area contributed by atoms with Gasteiger partial charge < -0.3 is 9.15 Å². The molecule has 0 spiro atoms. The Morgan fingerprint density at radius 3 is 2.39 bits per heavy atom. The number of aryl methyl sites for hydroxylation is 1. The van der Waals surface area contributed by atoms with Gasteiger partial charge in [-0.1, -0.05) is 60.2 Å². The van der Waals surface area contributed by atoms with E-state index >= 15 is 0 Å². The van der Waals surface area contributed by atoms with Crippen LogP contribution >= 0.6 is 0 Å². The van der Waals surface area contributed by atoms with Gasteiger partial charge in [-0.2, -0.15) is 13.2 Å². The number of ether oxygens (including phenoxy) is 1. The summed E-state index contributed by atoms with van der Waals surface area (Å²) in [6.07, 6.45) is -4.83. The van der Waals surface area contributed by atoms with Gasteiger partial charge in [0.05, 0.1) is 16.5 Å². The third-order valence-electron chi connectivity index (χ3n) is 5.75. The average molecular weight is 451 g/mol. The highest BCUT2D eigenvalue weighted by molar-refractivity contribution is 5.87. The zero-order valence-corrected chi connectivity index (χ0v) is 17.8. The van der Waals surface area contributed by atoms with Crippen molar-refractivity contribution in [3.63, 3.8) is 0 Å². The fourth-order valence-electron chi connectivity index (χ4n) is 4.13. The summed E-state index contributed by atoms with van der Waals surface area (Å²) in [6.45, 7) is 3.13. The van der Waals surface area contributed by atoms with E-state index in [-0.39, 0.29) is 23.3 Å². The van der Waals surface area contributed by atoms with E-state index < -0.39 is 22.9 Å². The Morgan fingerprint density at radius 1 is 0.970 bits per heavy atom. The van der Waals surface area contributed by atoms with E-state index in [2.05, 4.69) is 0 Å². The van der Waals surface area contributed by atoms with Gasteiger partial charge in [0.1, 0.15) is 18.1 Å². The number of fused-ring (bicyclic) bond motifs is 3. The van der Waals surface area contributed by atoms with E-state index in [9.17, 15) is 18.0 Å². The van der Waals surface area contributed by atoms with Crippen molar-refractivity contribution < 1.29 is 22.3 Å². The minimum atomic E-state index is -4.83. The Bertz CT molecular complexity index is 1380. The van der Waals surface area contributed by atoms with Crippen LogP contribution in [0, 0.1) is 6.92 Å². The monoisotopic (exact) mass is 451 g/mol. The zero-order valence-electron chi connectivity index (χ0n) is 17.8. The molecule has 0 bridgehead atoms. The van der Waals surface area contributed by atoms with E-state index in [1.165, 1.54) is 18.2 Å². The van der Waals surface area contributed by atoms with Crippen molar-refractivity contribution in [1.82, 2.24) is 4.90 Å². The number of halogens is 3. The highest BCUT2D eigenvalue weighted by Crippen LogP contribution is 2.40. The second kappa shape index (κ2) is 8.08. The molecule has 0 atom stereocenters. The molecule has 0 aliphatic carbocycles. The zero-order chi connectivity index (χ0) is 23.2. The van der Waals surface area contributed by atoms with Crippen LogP contribution in [0.25, 0.3) is 22.1 Å². The second-order valence-electron chi connectivity index (χ2n) is 8.16. The molecule has 5 rings (SSSR count). The minimum absolute atomic E-state index is 0.0851. The van der Waals surface area contributed by atoms with E-state index in [0.717, 1.165) is 11.1 Å². The molecule has 4 aromatic rings. The Hall–Kier alpha value is -3.58. The molecule has 0 radical (unpaired) electrons. The van der Waals surface area contributed by atoms with Crippen molar-refractivity contribution in [3.8, 4) is 16.9 Å². The lowest BCUT2D eigenvalue weighted by Gasteiger charge is -2.29. The fourth-order valence-corrected chi connectivity index (χ4v) is 4.13. The summed E-state index contributed by atoms with van der Waals surface area (Å²) in [7, 11) is 0. The maximum atomic E-state index is 14.0. The van der Waals surface area contributed by atoms with Crippen LogP contribution in [-0.2, 0) is 19.3 Å². The third-order valence-corrected chi connectivity index (χ3v) is 5.75. The molecule has 0 N–H and O–H groups in total. The first-order valence-electron chi connectivity index (χ1n) is 10.5. The molecular formula is C26H20F3NO3.